The summed E-state index contributed by atoms with van der Waals surface area (Å²) < 4.78 is 11.6. The van der Waals surface area contributed by atoms with E-state index >= 15 is 0 Å². The Morgan fingerprint density at radius 1 is 0.509 bits per heavy atom. The molecule has 2 unspecified atom stereocenters. The molecule has 270 valence electrons. The number of amidine groups is 1. The van der Waals surface area contributed by atoms with Crippen molar-refractivity contribution in [3.63, 3.8) is 0 Å². The van der Waals surface area contributed by atoms with E-state index in [9.17, 15) is 0 Å². The first-order valence-corrected chi connectivity index (χ1v) is 20.2. The molecule has 0 spiro atoms. The highest BCUT2D eigenvalue weighted by atomic mass is 32.1. The number of furan rings is 1. The number of hydrogen-bond acceptors (Lipinski definition) is 5. The average Bonchev–Trinajstić information content (AvgIpc) is 3.97. The smallest absolute Gasteiger partial charge is 0.137 e. The third-order valence-electron chi connectivity index (χ3n) is 11.5. The molecule has 3 aromatic heterocycles. The van der Waals surface area contributed by atoms with Gasteiger partial charge < -0.3 is 14.3 Å². The minimum atomic E-state index is -0.298. The van der Waals surface area contributed by atoms with Gasteiger partial charge in [-0.2, -0.15) is 0 Å². The summed E-state index contributed by atoms with van der Waals surface area (Å²) >= 11 is 1.84. The lowest BCUT2D eigenvalue weighted by molar-refractivity contribution is 0.410. The largest absolute Gasteiger partial charge is 0.456 e. The van der Waals surface area contributed by atoms with Crippen molar-refractivity contribution in [2.45, 2.75) is 12.3 Å². The maximum Gasteiger partial charge on any atom is 0.137 e. The molecule has 1 aliphatic rings. The highest BCUT2D eigenvalue weighted by Crippen LogP contribution is 2.47. The fourth-order valence-electron chi connectivity index (χ4n) is 9.06. The first-order chi connectivity index (χ1) is 28.3. The summed E-state index contributed by atoms with van der Waals surface area (Å²) in [6.07, 6.45) is -0.428. The molecule has 57 heavy (non-hydrogen) atoms. The van der Waals surface area contributed by atoms with Gasteiger partial charge in [0, 0.05) is 47.5 Å². The number of aliphatic imine (C=N–C) groups is 1. The molecule has 5 nitrogen and oxygen atoms in total. The molecular weight excluding hydrogens is 717 g/mol. The van der Waals surface area contributed by atoms with E-state index in [1.165, 1.54) is 47.5 Å². The van der Waals surface area contributed by atoms with Crippen LogP contribution >= 0.6 is 11.3 Å². The third-order valence-corrected chi connectivity index (χ3v) is 12.6. The van der Waals surface area contributed by atoms with Gasteiger partial charge in [0.1, 0.15) is 29.3 Å². The summed E-state index contributed by atoms with van der Waals surface area (Å²) in [5, 5.41) is 14.7. The SMILES string of the molecule is c1ccc(C2=NC(c3cccc4sc5cccc(-c6cccc7oc8cccc(-n9c%10ccccc%10c%10ccccc%109)c8c67)c5c34)NC(c3ccccc3)N2)cc1. The summed E-state index contributed by atoms with van der Waals surface area (Å²) in [4.78, 5) is 5.39. The number of fused-ring (bicyclic) bond motifs is 9. The molecule has 0 amide bonds. The van der Waals surface area contributed by atoms with Gasteiger partial charge in [0.25, 0.3) is 0 Å². The van der Waals surface area contributed by atoms with Crippen LogP contribution in [-0.2, 0) is 0 Å². The molecule has 8 aromatic carbocycles. The number of para-hydroxylation sites is 2. The molecule has 2 atom stereocenters. The highest BCUT2D eigenvalue weighted by molar-refractivity contribution is 7.26. The van der Waals surface area contributed by atoms with E-state index in [2.05, 4.69) is 191 Å². The summed E-state index contributed by atoms with van der Waals surface area (Å²) in [6, 6.07) is 64.8. The van der Waals surface area contributed by atoms with Gasteiger partial charge in [-0.25, -0.2) is 4.99 Å². The van der Waals surface area contributed by atoms with Crippen LogP contribution in [0.15, 0.2) is 191 Å². The Hall–Kier alpha value is -6.99. The van der Waals surface area contributed by atoms with Gasteiger partial charge in [0.05, 0.1) is 22.1 Å². The predicted octanol–water partition coefficient (Wildman–Crippen LogP) is 13.1. The topological polar surface area (TPSA) is 54.5 Å². The predicted molar refractivity (Wildman–Crippen MR) is 238 cm³/mol. The van der Waals surface area contributed by atoms with Crippen LogP contribution in [0, 0.1) is 0 Å². The van der Waals surface area contributed by atoms with Crippen molar-refractivity contribution >= 4 is 81.1 Å². The lowest BCUT2D eigenvalue weighted by atomic mass is 9.93. The summed E-state index contributed by atoms with van der Waals surface area (Å²) in [6.45, 7) is 0. The van der Waals surface area contributed by atoms with Crippen molar-refractivity contribution in [3.05, 3.63) is 199 Å². The molecule has 0 bridgehead atoms. The number of rotatable bonds is 5. The van der Waals surface area contributed by atoms with Crippen LogP contribution < -0.4 is 10.6 Å². The van der Waals surface area contributed by atoms with E-state index in [-0.39, 0.29) is 12.3 Å². The van der Waals surface area contributed by atoms with E-state index in [0.29, 0.717) is 0 Å². The standard InChI is InChI=1S/C51H34N4OS/c1-3-15-31(16-4-1)49-52-50(32-17-5-2-6-18-32)54-51(53-49)37-23-13-30-44-47(37)46-36(22-12-29-43(46)57-44)35-21-11-27-41-45(35)48-40(26-14-28-42(48)56-41)55-38-24-9-7-19-33(38)34-20-8-10-25-39(34)55/h1-30,49,51,53H,(H,52,54). The molecule has 6 heteroatoms. The van der Waals surface area contributed by atoms with Gasteiger partial charge >= 0.3 is 0 Å². The highest BCUT2D eigenvalue weighted by Gasteiger charge is 2.28. The molecule has 0 saturated carbocycles. The zero-order valence-corrected chi connectivity index (χ0v) is 31.5. The monoisotopic (exact) mass is 750 g/mol. The molecule has 2 N–H and O–H groups in total. The molecule has 1 aliphatic heterocycles. The van der Waals surface area contributed by atoms with Gasteiger partial charge in [-0.3, -0.25) is 5.32 Å². The van der Waals surface area contributed by atoms with Crippen LogP contribution in [0.1, 0.15) is 29.0 Å². The van der Waals surface area contributed by atoms with Gasteiger partial charge in [-0.05, 0) is 59.2 Å². The van der Waals surface area contributed by atoms with Crippen LogP contribution in [-0.4, -0.2) is 10.4 Å². The van der Waals surface area contributed by atoms with Gasteiger partial charge in [-0.1, -0.05) is 140 Å². The zero-order chi connectivity index (χ0) is 37.5. The summed E-state index contributed by atoms with van der Waals surface area (Å²) in [5.41, 5.74) is 10.9. The van der Waals surface area contributed by atoms with Crippen molar-refractivity contribution < 1.29 is 4.42 Å². The molecule has 11 aromatic rings. The molecule has 0 radical (unpaired) electrons. The van der Waals surface area contributed by atoms with Gasteiger partial charge in [0.2, 0.25) is 0 Å². The molecule has 4 heterocycles. The average molecular weight is 751 g/mol. The van der Waals surface area contributed by atoms with Crippen LogP contribution in [0.4, 0.5) is 0 Å². The maximum atomic E-state index is 6.74. The quantitative estimate of drug-likeness (QED) is 0.184. The van der Waals surface area contributed by atoms with Crippen molar-refractivity contribution in [1.29, 1.82) is 0 Å². The lowest BCUT2D eigenvalue weighted by Crippen LogP contribution is -2.44. The third kappa shape index (κ3) is 5.01. The fourth-order valence-corrected chi connectivity index (χ4v) is 10.2. The van der Waals surface area contributed by atoms with Gasteiger partial charge in [0.15, 0.2) is 0 Å². The molecule has 12 rings (SSSR count). The Balaban J connectivity index is 1.11. The maximum absolute atomic E-state index is 6.74. The van der Waals surface area contributed by atoms with Crippen LogP contribution in [0.5, 0.6) is 0 Å². The number of thiophene rings is 1. The van der Waals surface area contributed by atoms with Crippen molar-refractivity contribution in [2.75, 3.05) is 0 Å². The normalized spacial score (nSPS) is 15.9. The van der Waals surface area contributed by atoms with Crippen molar-refractivity contribution in [1.82, 2.24) is 15.2 Å². The van der Waals surface area contributed by atoms with E-state index in [1.807, 2.05) is 17.4 Å². The number of aromatic nitrogens is 1. The van der Waals surface area contributed by atoms with E-state index in [4.69, 9.17) is 9.41 Å². The second-order valence-electron chi connectivity index (χ2n) is 14.7. The second-order valence-corrected chi connectivity index (χ2v) is 15.8. The van der Waals surface area contributed by atoms with Crippen LogP contribution in [0.3, 0.4) is 0 Å². The van der Waals surface area contributed by atoms with E-state index in [1.54, 1.807) is 0 Å². The van der Waals surface area contributed by atoms with Gasteiger partial charge in [-0.15, -0.1) is 11.3 Å². The molecular formula is C51H34N4OS. The summed E-state index contributed by atoms with van der Waals surface area (Å²) in [5.74, 6) is 0.872. The Kier molecular flexibility index (Phi) is 7.24. The van der Waals surface area contributed by atoms with Crippen molar-refractivity contribution in [2.24, 2.45) is 4.99 Å². The van der Waals surface area contributed by atoms with Crippen LogP contribution in [0.2, 0.25) is 0 Å². The molecule has 0 saturated heterocycles. The number of nitrogens with zero attached hydrogens (tertiary/aromatic N) is 2. The lowest BCUT2D eigenvalue weighted by Gasteiger charge is -2.32. The van der Waals surface area contributed by atoms with E-state index in [0.717, 1.165) is 55.7 Å². The number of hydrogen-bond donors (Lipinski definition) is 2. The minimum absolute atomic E-state index is 0.131. The van der Waals surface area contributed by atoms with Crippen molar-refractivity contribution in [3.8, 4) is 16.8 Å². The zero-order valence-electron chi connectivity index (χ0n) is 30.7. The second kappa shape index (κ2) is 12.8. The van der Waals surface area contributed by atoms with Crippen LogP contribution in [0.25, 0.3) is 80.7 Å². The first-order valence-electron chi connectivity index (χ1n) is 19.4. The Bertz CT molecular complexity index is 3320. The fraction of sp³-hybridized carbons (Fsp3) is 0.0392. The Morgan fingerprint density at radius 2 is 1.11 bits per heavy atom. The molecule has 0 fully saturated rings. The Labute approximate surface area is 332 Å². The number of benzene rings is 8. The minimum Gasteiger partial charge on any atom is -0.456 e. The molecule has 0 aliphatic carbocycles. The first kappa shape index (κ1) is 32.3. The Morgan fingerprint density at radius 3 is 1.86 bits per heavy atom. The van der Waals surface area contributed by atoms with E-state index < -0.39 is 0 Å². The summed E-state index contributed by atoms with van der Waals surface area (Å²) in [7, 11) is 0. The number of nitrogens with one attached hydrogen (secondary N) is 2.